The largest absolute Gasteiger partial charge is 0.373 e. The first-order chi connectivity index (χ1) is 6.22. The molecule has 0 bridgehead atoms. The third kappa shape index (κ3) is 3.18. The molecule has 1 aromatic heterocycles. The van der Waals surface area contributed by atoms with E-state index in [0.29, 0.717) is 11.6 Å². The van der Waals surface area contributed by atoms with Crippen molar-refractivity contribution in [3.63, 3.8) is 0 Å². The van der Waals surface area contributed by atoms with E-state index >= 15 is 0 Å². The molecule has 72 valence electrons. The van der Waals surface area contributed by atoms with Crippen LogP contribution in [0.4, 0.5) is 20.4 Å². The van der Waals surface area contributed by atoms with E-state index < -0.39 is 13.0 Å². The van der Waals surface area contributed by atoms with Crippen molar-refractivity contribution in [2.75, 3.05) is 24.2 Å². The summed E-state index contributed by atoms with van der Waals surface area (Å²) >= 11 is 0. The molecule has 1 heterocycles. The standard InChI is InChI=1S/C7H10F2N4/c1-10-6-2-7(13-4-12-6)11-3-5(8)9/h2,4-5H,3H2,1H3,(H2,10,11,12,13). The van der Waals surface area contributed by atoms with Gasteiger partial charge in [-0.1, -0.05) is 0 Å². The molecule has 0 amide bonds. The third-order valence-electron chi connectivity index (χ3n) is 1.36. The van der Waals surface area contributed by atoms with Gasteiger partial charge in [0.05, 0.1) is 6.54 Å². The van der Waals surface area contributed by atoms with Gasteiger partial charge < -0.3 is 10.6 Å². The number of hydrogen-bond donors (Lipinski definition) is 2. The van der Waals surface area contributed by atoms with Gasteiger partial charge in [-0.15, -0.1) is 0 Å². The molecule has 6 heteroatoms. The molecule has 0 fully saturated rings. The van der Waals surface area contributed by atoms with Gasteiger partial charge in [0.15, 0.2) is 0 Å². The van der Waals surface area contributed by atoms with Crippen LogP contribution in [-0.2, 0) is 0 Å². The van der Waals surface area contributed by atoms with Crippen molar-refractivity contribution in [2.24, 2.45) is 0 Å². The fourth-order valence-electron chi connectivity index (χ4n) is 0.772. The van der Waals surface area contributed by atoms with Gasteiger partial charge >= 0.3 is 0 Å². The minimum Gasteiger partial charge on any atom is -0.373 e. The highest BCUT2D eigenvalue weighted by Gasteiger charge is 2.02. The summed E-state index contributed by atoms with van der Waals surface area (Å²) < 4.78 is 23.6. The summed E-state index contributed by atoms with van der Waals surface area (Å²) in [5.41, 5.74) is 0. The molecule has 2 N–H and O–H groups in total. The summed E-state index contributed by atoms with van der Waals surface area (Å²) in [4.78, 5) is 7.60. The lowest BCUT2D eigenvalue weighted by Gasteiger charge is -2.05. The smallest absolute Gasteiger partial charge is 0.255 e. The maximum Gasteiger partial charge on any atom is 0.255 e. The van der Waals surface area contributed by atoms with Gasteiger partial charge in [0.2, 0.25) is 0 Å². The number of anilines is 2. The van der Waals surface area contributed by atoms with Crippen LogP contribution in [-0.4, -0.2) is 30.0 Å². The molecular weight excluding hydrogens is 178 g/mol. The van der Waals surface area contributed by atoms with E-state index in [9.17, 15) is 8.78 Å². The molecule has 0 atom stereocenters. The first-order valence-electron chi connectivity index (χ1n) is 3.74. The highest BCUT2D eigenvalue weighted by molar-refractivity contribution is 5.45. The number of aromatic nitrogens is 2. The van der Waals surface area contributed by atoms with Crippen molar-refractivity contribution in [1.82, 2.24) is 9.97 Å². The second-order valence-corrected chi connectivity index (χ2v) is 2.31. The molecule has 0 saturated carbocycles. The number of hydrogen-bond acceptors (Lipinski definition) is 4. The quantitative estimate of drug-likeness (QED) is 0.745. The molecule has 0 aliphatic carbocycles. The Labute approximate surface area is 74.4 Å². The lowest BCUT2D eigenvalue weighted by molar-refractivity contribution is 0.163. The number of nitrogens with zero attached hydrogens (tertiary/aromatic N) is 2. The van der Waals surface area contributed by atoms with Crippen LogP contribution in [0.15, 0.2) is 12.4 Å². The van der Waals surface area contributed by atoms with Crippen LogP contribution in [0.2, 0.25) is 0 Å². The Balaban J connectivity index is 2.56. The topological polar surface area (TPSA) is 49.8 Å². The van der Waals surface area contributed by atoms with Crippen LogP contribution in [0.3, 0.4) is 0 Å². The maximum absolute atomic E-state index is 11.8. The zero-order valence-corrected chi connectivity index (χ0v) is 7.09. The van der Waals surface area contributed by atoms with Gasteiger partial charge in [-0.2, -0.15) is 0 Å². The molecule has 0 saturated heterocycles. The second kappa shape index (κ2) is 4.54. The lowest BCUT2D eigenvalue weighted by Crippen LogP contribution is -2.11. The average molecular weight is 188 g/mol. The second-order valence-electron chi connectivity index (χ2n) is 2.31. The number of alkyl halides is 2. The predicted molar refractivity (Wildman–Crippen MR) is 46.1 cm³/mol. The minimum absolute atomic E-state index is 0.389. The van der Waals surface area contributed by atoms with Gasteiger partial charge in [-0.3, -0.25) is 0 Å². The zero-order valence-electron chi connectivity index (χ0n) is 7.09. The summed E-state index contributed by atoms with van der Waals surface area (Å²) in [5, 5.41) is 5.25. The van der Waals surface area contributed by atoms with Crippen molar-refractivity contribution in [2.45, 2.75) is 6.43 Å². The number of halogens is 2. The fraction of sp³-hybridized carbons (Fsp3) is 0.429. The average Bonchev–Trinajstić information content (AvgIpc) is 2.15. The molecule has 0 radical (unpaired) electrons. The van der Waals surface area contributed by atoms with Gasteiger partial charge in [0.25, 0.3) is 6.43 Å². The SMILES string of the molecule is CNc1cc(NCC(F)F)ncn1. The van der Waals surface area contributed by atoms with Crippen molar-refractivity contribution >= 4 is 11.6 Å². The summed E-state index contributed by atoms with van der Waals surface area (Å²) in [5.74, 6) is 0.978. The molecule has 1 aromatic rings. The molecule has 13 heavy (non-hydrogen) atoms. The molecule has 4 nitrogen and oxygen atoms in total. The van der Waals surface area contributed by atoms with Crippen LogP contribution >= 0.6 is 0 Å². The van der Waals surface area contributed by atoms with E-state index in [1.165, 1.54) is 6.33 Å². The third-order valence-corrected chi connectivity index (χ3v) is 1.36. The highest BCUT2D eigenvalue weighted by Crippen LogP contribution is 2.07. The normalized spacial score (nSPS) is 10.2. The Morgan fingerprint density at radius 2 is 2.08 bits per heavy atom. The molecule has 1 rings (SSSR count). The Morgan fingerprint density at radius 1 is 1.38 bits per heavy atom. The molecular formula is C7H10F2N4. The van der Waals surface area contributed by atoms with Gasteiger partial charge in [0.1, 0.15) is 18.0 Å². The molecule has 0 aliphatic rings. The van der Waals surface area contributed by atoms with Crippen molar-refractivity contribution < 1.29 is 8.78 Å². The van der Waals surface area contributed by atoms with E-state index in [4.69, 9.17) is 0 Å². The fourth-order valence-corrected chi connectivity index (χ4v) is 0.772. The summed E-state index contributed by atoms with van der Waals surface area (Å²) in [6, 6.07) is 1.56. The van der Waals surface area contributed by atoms with Crippen molar-refractivity contribution in [3.8, 4) is 0 Å². The highest BCUT2D eigenvalue weighted by atomic mass is 19.3. The Morgan fingerprint density at radius 3 is 2.69 bits per heavy atom. The van der Waals surface area contributed by atoms with Gasteiger partial charge in [0, 0.05) is 13.1 Å². The van der Waals surface area contributed by atoms with Crippen LogP contribution in [0.1, 0.15) is 0 Å². The van der Waals surface area contributed by atoms with E-state index in [1.54, 1.807) is 13.1 Å². The molecule has 0 aromatic carbocycles. The zero-order chi connectivity index (χ0) is 9.68. The molecule has 0 aliphatic heterocycles. The van der Waals surface area contributed by atoms with Crippen molar-refractivity contribution in [3.05, 3.63) is 12.4 Å². The van der Waals surface area contributed by atoms with E-state index in [0.717, 1.165) is 0 Å². The first-order valence-corrected chi connectivity index (χ1v) is 3.74. The van der Waals surface area contributed by atoms with Crippen LogP contribution in [0.25, 0.3) is 0 Å². The van der Waals surface area contributed by atoms with Gasteiger partial charge in [-0.25, -0.2) is 18.7 Å². The maximum atomic E-state index is 11.8. The first kappa shape index (κ1) is 9.63. The molecule has 0 spiro atoms. The summed E-state index contributed by atoms with van der Waals surface area (Å²) in [6.07, 6.45) is -1.08. The van der Waals surface area contributed by atoms with Crippen LogP contribution < -0.4 is 10.6 Å². The van der Waals surface area contributed by atoms with Gasteiger partial charge in [-0.05, 0) is 0 Å². The monoisotopic (exact) mass is 188 g/mol. The van der Waals surface area contributed by atoms with Crippen LogP contribution in [0.5, 0.6) is 0 Å². The summed E-state index contributed by atoms with van der Waals surface area (Å²) in [6.45, 7) is -0.403. The Kier molecular flexibility index (Phi) is 3.36. The number of rotatable bonds is 4. The van der Waals surface area contributed by atoms with Crippen molar-refractivity contribution in [1.29, 1.82) is 0 Å². The number of nitrogens with one attached hydrogen (secondary N) is 2. The van der Waals surface area contributed by atoms with E-state index in [-0.39, 0.29) is 0 Å². The van der Waals surface area contributed by atoms with Crippen LogP contribution in [0, 0.1) is 0 Å². The molecule has 0 unspecified atom stereocenters. The summed E-state index contributed by atoms with van der Waals surface area (Å²) in [7, 11) is 1.69. The predicted octanol–water partition coefficient (Wildman–Crippen LogP) is 1.20. The Bertz CT molecular complexity index is 266. The Hall–Kier alpha value is -1.46. The minimum atomic E-state index is -2.38. The van der Waals surface area contributed by atoms with E-state index in [1.807, 2.05) is 0 Å². The van der Waals surface area contributed by atoms with E-state index in [2.05, 4.69) is 20.6 Å². The lowest BCUT2D eigenvalue weighted by atomic mass is 10.5.